The largest absolute Gasteiger partial charge is 0.481 e. The number of aliphatic hydroxyl groups excluding tert-OH is 1. The first-order valence-corrected chi connectivity index (χ1v) is 9.98. The van der Waals surface area contributed by atoms with Crippen LogP contribution in [0.5, 0.6) is 0 Å². The van der Waals surface area contributed by atoms with Gasteiger partial charge in [0.05, 0.1) is 17.8 Å². The Bertz CT molecular complexity index is 631. The maximum Gasteiger partial charge on any atom is 0.303 e. The van der Waals surface area contributed by atoms with E-state index in [1.54, 1.807) is 23.9 Å². The standard InChI is InChI=1S/C18H26N2O5S/c1-13-11-16(25-19-13)12-15(21)6-4-14-5-7-17(22)20(14)8-10-26-9-2-3-18(23)24/h4,6,11,14-15,21H,2-3,5,7-10,12H2,1H3,(H,23,24)/b6-4+/t14-,15+/m0/s1. The van der Waals surface area contributed by atoms with Crippen LogP contribution >= 0.6 is 11.8 Å². The summed E-state index contributed by atoms with van der Waals surface area (Å²) in [6.45, 7) is 2.47. The van der Waals surface area contributed by atoms with Crippen molar-refractivity contribution in [3.8, 4) is 0 Å². The van der Waals surface area contributed by atoms with Crippen LogP contribution in [0.4, 0.5) is 0 Å². The third-order valence-electron chi connectivity index (χ3n) is 4.17. The van der Waals surface area contributed by atoms with Crippen molar-refractivity contribution in [2.75, 3.05) is 18.1 Å². The van der Waals surface area contributed by atoms with Crippen molar-refractivity contribution in [3.63, 3.8) is 0 Å². The van der Waals surface area contributed by atoms with E-state index in [9.17, 15) is 14.7 Å². The van der Waals surface area contributed by atoms with Gasteiger partial charge in [0.2, 0.25) is 5.91 Å². The molecule has 1 aromatic heterocycles. The van der Waals surface area contributed by atoms with E-state index in [2.05, 4.69) is 5.16 Å². The average Bonchev–Trinajstić information content (AvgIpc) is 3.14. The number of carbonyl (C=O) groups is 2. The molecular weight excluding hydrogens is 356 g/mol. The highest BCUT2D eigenvalue weighted by Crippen LogP contribution is 2.21. The zero-order valence-corrected chi connectivity index (χ0v) is 15.8. The molecule has 0 radical (unpaired) electrons. The number of aromatic nitrogens is 1. The van der Waals surface area contributed by atoms with Gasteiger partial charge in [-0.3, -0.25) is 9.59 Å². The second-order valence-corrected chi connectivity index (χ2v) is 7.62. The van der Waals surface area contributed by atoms with Gasteiger partial charge in [0, 0.05) is 37.6 Å². The highest BCUT2D eigenvalue weighted by Gasteiger charge is 2.28. The van der Waals surface area contributed by atoms with Crippen molar-refractivity contribution < 1.29 is 24.3 Å². The Balaban J connectivity index is 1.74. The van der Waals surface area contributed by atoms with Gasteiger partial charge in [-0.2, -0.15) is 11.8 Å². The summed E-state index contributed by atoms with van der Waals surface area (Å²) < 4.78 is 5.10. The predicted molar refractivity (Wildman–Crippen MR) is 99.0 cm³/mol. The van der Waals surface area contributed by atoms with E-state index in [4.69, 9.17) is 9.63 Å². The van der Waals surface area contributed by atoms with E-state index in [1.165, 1.54) is 0 Å². The monoisotopic (exact) mass is 382 g/mol. The highest BCUT2D eigenvalue weighted by atomic mass is 32.2. The molecule has 2 heterocycles. The zero-order valence-electron chi connectivity index (χ0n) is 15.0. The summed E-state index contributed by atoms with van der Waals surface area (Å²) in [5.41, 5.74) is 0.782. The lowest BCUT2D eigenvalue weighted by molar-refractivity contribution is -0.137. The van der Waals surface area contributed by atoms with Crippen LogP contribution < -0.4 is 0 Å². The van der Waals surface area contributed by atoms with E-state index in [-0.39, 0.29) is 18.4 Å². The van der Waals surface area contributed by atoms with Gasteiger partial charge in [-0.25, -0.2) is 0 Å². The van der Waals surface area contributed by atoms with Gasteiger partial charge in [0.15, 0.2) is 0 Å². The summed E-state index contributed by atoms with van der Waals surface area (Å²) in [5.74, 6) is 1.56. The molecule has 8 heteroatoms. The Morgan fingerprint density at radius 3 is 3.04 bits per heavy atom. The van der Waals surface area contributed by atoms with Crippen molar-refractivity contribution in [2.45, 2.75) is 51.2 Å². The summed E-state index contributed by atoms with van der Waals surface area (Å²) in [5, 5.41) is 22.5. The average molecular weight is 382 g/mol. The third kappa shape index (κ3) is 6.84. The lowest BCUT2D eigenvalue weighted by atomic mass is 10.1. The fourth-order valence-corrected chi connectivity index (χ4v) is 3.76. The van der Waals surface area contributed by atoms with Crippen LogP contribution in [0.25, 0.3) is 0 Å². The SMILES string of the molecule is Cc1cc(C[C@H](O)/C=C/[C@H]2CCC(=O)N2CCSCCCC(=O)O)on1. The van der Waals surface area contributed by atoms with Gasteiger partial charge < -0.3 is 19.6 Å². The molecule has 0 aliphatic carbocycles. The van der Waals surface area contributed by atoms with Crippen LogP contribution in [-0.4, -0.2) is 62.3 Å². The number of thioether (sulfide) groups is 1. The van der Waals surface area contributed by atoms with Crippen LogP contribution in [-0.2, 0) is 16.0 Å². The number of carbonyl (C=O) groups excluding carboxylic acids is 1. The molecular formula is C18H26N2O5S. The Kier molecular flexibility index (Phi) is 8.18. The minimum atomic E-state index is -0.774. The van der Waals surface area contributed by atoms with E-state index in [1.807, 2.05) is 17.9 Å². The number of rotatable bonds is 11. The fraction of sp³-hybridized carbons (Fsp3) is 0.611. The second-order valence-electron chi connectivity index (χ2n) is 6.39. The molecule has 0 aromatic carbocycles. The van der Waals surface area contributed by atoms with Crippen molar-refractivity contribution in [3.05, 3.63) is 29.7 Å². The van der Waals surface area contributed by atoms with Crippen molar-refractivity contribution >= 4 is 23.6 Å². The minimum absolute atomic E-state index is 0.00762. The Morgan fingerprint density at radius 2 is 2.35 bits per heavy atom. The van der Waals surface area contributed by atoms with Crippen LogP contribution in [0.3, 0.4) is 0 Å². The summed E-state index contributed by atoms with van der Waals surface area (Å²) in [4.78, 5) is 24.4. The topological polar surface area (TPSA) is 104 Å². The molecule has 26 heavy (non-hydrogen) atoms. The quantitative estimate of drug-likeness (QED) is 0.446. The summed E-state index contributed by atoms with van der Waals surface area (Å²) >= 11 is 1.66. The number of aliphatic hydroxyl groups is 1. The van der Waals surface area contributed by atoms with Crippen LogP contribution in [0.1, 0.15) is 37.1 Å². The number of aryl methyl sites for hydroxylation is 1. The van der Waals surface area contributed by atoms with E-state index >= 15 is 0 Å². The molecule has 0 unspecified atom stereocenters. The first kappa shape index (κ1) is 20.5. The Morgan fingerprint density at radius 1 is 1.54 bits per heavy atom. The first-order valence-electron chi connectivity index (χ1n) is 8.83. The molecule has 1 saturated heterocycles. The highest BCUT2D eigenvalue weighted by molar-refractivity contribution is 7.99. The Labute approximate surface area is 157 Å². The van der Waals surface area contributed by atoms with Crippen molar-refractivity contribution in [1.82, 2.24) is 10.1 Å². The van der Waals surface area contributed by atoms with E-state index in [0.29, 0.717) is 31.6 Å². The number of aliphatic carboxylic acids is 1. The van der Waals surface area contributed by atoms with Gasteiger partial charge in [0.1, 0.15) is 5.76 Å². The smallest absolute Gasteiger partial charge is 0.303 e. The van der Waals surface area contributed by atoms with Crippen LogP contribution in [0.2, 0.25) is 0 Å². The molecule has 1 amide bonds. The summed E-state index contributed by atoms with van der Waals surface area (Å²) in [7, 11) is 0. The minimum Gasteiger partial charge on any atom is -0.481 e. The summed E-state index contributed by atoms with van der Waals surface area (Å²) in [6, 6.07) is 1.80. The van der Waals surface area contributed by atoms with Crippen LogP contribution in [0, 0.1) is 6.92 Å². The summed E-state index contributed by atoms with van der Waals surface area (Å²) in [6.07, 6.45) is 5.40. The first-order chi connectivity index (χ1) is 12.5. The molecule has 0 spiro atoms. The molecule has 7 nitrogen and oxygen atoms in total. The molecule has 1 fully saturated rings. The second kappa shape index (κ2) is 10.4. The van der Waals surface area contributed by atoms with E-state index in [0.717, 1.165) is 23.6 Å². The normalized spacial score (nSPS) is 18.8. The van der Waals surface area contributed by atoms with Gasteiger partial charge in [-0.15, -0.1) is 0 Å². The molecule has 144 valence electrons. The fourth-order valence-electron chi connectivity index (χ4n) is 2.88. The van der Waals surface area contributed by atoms with Crippen molar-refractivity contribution in [2.24, 2.45) is 0 Å². The molecule has 1 aromatic rings. The lowest BCUT2D eigenvalue weighted by Crippen LogP contribution is -2.34. The molecule has 1 aliphatic rings. The lowest BCUT2D eigenvalue weighted by Gasteiger charge is -2.22. The molecule has 2 rings (SSSR count). The molecule has 2 N–H and O–H groups in total. The van der Waals surface area contributed by atoms with Gasteiger partial charge >= 0.3 is 5.97 Å². The predicted octanol–water partition coefficient (Wildman–Crippen LogP) is 2.03. The number of likely N-dealkylation sites (tertiary alicyclic amines) is 1. The number of hydrogen-bond acceptors (Lipinski definition) is 6. The van der Waals surface area contributed by atoms with Gasteiger partial charge in [-0.1, -0.05) is 17.3 Å². The maximum atomic E-state index is 12.1. The van der Waals surface area contributed by atoms with Gasteiger partial charge in [-0.05, 0) is 25.5 Å². The Hall–Kier alpha value is -1.80. The third-order valence-corrected chi connectivity index (χ3v) is 5.22. The van der Waals surface area contributed by atoms with E-state index < -0.39 is 12.1 Å². The molecule has 0 bridgehead atoms. The molecule has 0 saturated carbocycles. The zero-order chi connectivity index (χ0) is 18.9. The van der Waals surface area contributed by atoms with Gasteiger partial charge in [0.25, 0.3) is 0 Å². The number of carboxylic acid groups (broad SMARTS) is 1. The molecule has 2 atom stereocenters. The number of nitrogens with zero attached hydrogens (tertiary/aromatic N) is 2. The number of carboxylic acids is 1. The van der Waals surface area contributed by atoms with Crippen LogP contribution in [0.15, 0.2) is 22.7 Å². The van der Waals surface area contributed by atoms with Crippen molar-refractivity contribution in [1.29, 1.82) is 0 Å². The number of amides is 1. The number of hydrogen-bond donors (Lipinski definition) is 2. The maximum absolute atomic E-state index is 12.1. The molecule has 1 aliphatic heterocycles.